The summed E-state index contributed by atoms with van der Waals surface area (Å²) in [7, 11) is 8.24. The lowest BCUT2D eigenvalue weighted by molar-refractivity contribution is -0.00844. The van der Waals surface area contributed by atoms with Gasteiger partial charge in [-0.3, -0.25) is 9.67 Å². The number of aryl methyl sites for hydroxylation is 1. The second-order valence-corrected chi connectivity index (χ2v) is 7.83. The van der Waals surface area contributed by atoms with Crippen molar-refractivity contribution in [2.45, 2.75) is 43.7 Å². The highest BCUT2D eigenvalue weighted by Crippen LogP contribution is 2.31. The molecule has 1 unspecified atom stereocenters. The van der Waals surface area contributed by atoms with Crippen molar-refractivity contribution >= 4 is 29.9 Å². The fourth-order valence-electron chi connectivity index (χ4n) is 4.22. The molecule has 2 heterocycles. The molecule has 0 bridgehead atoms. The molecule has 2 fully saturated rings. The summed E-state index contributed by atoms with van der Waals surface area (Å²) in [5.74, 6) is 0.981. The van der Waals surface area contributed by atoms with E-state index in [-0.39, 0.29) is 35.6 Å². The minimum atomic E-state index is 0. The molecule has 0 spiro atoms. The molecular weight excluding hydrogens is 455 g/mol. The monoisotopic (exact) mass is 490 g/mol. The molecule has 1 saturated heterocycles. The van der Waals surface area contributed by atoms with E-state index in [0.717, 1.165) is 31.2 Å². The van der Waals surface area contributed by atoms with Crippen molar-refractivity contribution in [1.82, 2.24) is 24.9 Å². The Kier molecular flexibility index (Phi) is 8.36. The Bertz CT molecular complexity index is 611. The predicted molar refractivity (Wildman–Crippen MR) is 120 cm³/mol. The van der Waals surface area contributed by atoms with Gasteiger partial charge in [0.05, 0.1) is 19.3 Å². The standard InChI is InChI=1S/C19H34N6O.HI/c1-20-18(21-15-19(23(2)3)8-6-5-7-9-19)25-10-11-26-17(14-25)16-12-22-24(4)13-16;/h12-13,17H,5-11,14-15H2,1-4H3,(H,20,21);1H. The van der Waals surface area contributed by atoms with Gasteiger partial charge in [0.2, 0.25) is 0 Å². The van der Waals surface area contributed by atoms with Crippen molar-refractivity contribution < 1.29 is 4.74 Å². The summed E-state index contributed by atoms with van der Waals surface area (Å²) in [5.41, 5.74) is 1.37. The molecule has 0 aromatic carbocycles. The number of likely N-dealkylation sites (N-methyl/N-ethyl adjacent to an activating group) is 1. The molecule has 1 N–H and O–H groups in total. The molecule has 1 aromatic heterocycles. The first-order chi connectivity index (χ1) is 12.5. The van der Waals surface area contributed by atoms with Gasteiger partial charge in [0, 0.05) is 44.5 Å². The normalized spacial score (nSPS) is 23.2. The third-order valence-electron chi connectivity index (χ3n) is 5.98. The van der Waals surface area contributed by atoms with E-state index in [0.29, 0.717) is 6.61 Å². The van der Waals surface area contributed by atoms with E-state index >= 15 is 0 Å². The van der Waals surface area contributed by atoms with Crippen molar-refractivity contribution in [3.05, 3.63) is 18.0 Å². The summed E-state index contributed by atoms with van der Waals surface area (Å²) < 4.78 is 7.80. The SMILES string of the molecule is CN=C(NCC1(N(C)C)CCCCC1)N1CCOC(c2cnn(C)c2)C1.I. The maximum absolute atomic E-state index is 5.97. The molecule has 1 aliphatic carbocycles. The van der Waals surface area contributed by atoms with Crippen LogP contribution in [0.4, 0.5) is 0 Å². The third kappa shape index (κ3) is 5.35. The summed E-state index contributed by atoms with van der Waals surface area (Å²) in [6, 6.07) is 0. The second-order valence-electron chi connectivity index (χ2n) is 7.83. The number of rotatable bonds is 4. The average Bonchev–Trinajstić information content (AvgIpc) is 3.10. The summed E-state index contributed by atoms with van der Waals surface area (Å²) in [6.45, 7) is 3.33. The van der Waals surface area contributed by atoms with Crippen LogP contribution >= 0.6 is 24.0 Å². The Labute approximate surface area is 180 Å². The van der Waals surface area contributed by atoms with Gasteiger partial charge in [0.25, 0.3) is 0 Å². The number of guanidine groups is 1. The molecule has 1 aliphatic heterocycles. The molecule has 0 amide bonds. The minimum absolute atomic E-state index is 0. The summed E-state index contributed by atoms with van der Waals surface area (Å²) in [6.07, 6.45) is 10.5. The Hall–Kier alpha value is -0.870. The van der Waals surface area contributed by atoms with Crippen molar-refractivity contribution in [2.24, 2.45) is 12.0 Å². The van der Waals surface area contributed by atoms with Crippen LogP contribution in [0.3, 0.4) is 0 Å². The van der Waals surface area contributed by atoms with Crippen LogP contribution in [0.15, 0.2) is 17.4 Å². The molecule has 8 heteroatoms. The van der Waals surface area contributed by atoms with Crippen LogP contribution in [0.5, 0.6) is 0 Å². The number of morpholine rings is 1. The van der Waals surface area contributed by atoms with E-state index < -0.39 is 0 Å². The highest BCUT2D eigenvalue weighted by Gasteiger charge is 2.35. The zero-order chi connectivity index (χ0) is 18.6. The number of nitrogens with one attached hydrogen (secondary N) is 1. The van der Waals surface area contributed by atoms with E-state index in [1.54, 1.807) is 0 Å². The first-order valence-corrected chi connectivity index (χ1v) is 9.77. The van der Waals surface area contributed by atoms with E-state index in [1.165, 1.54) is 32.1 Å². The molecule has 27 heavy (non-hydrogen) atoms. The number of hydrogen-bond donors (Lipinski definition) is 1. The van der Waals surface area contributed by atoms with Gasteiger partial charge in [-0.05, 0) is 26.9 Å². The quantitative estimate of drug-likeness (QED) is 0.399. The number of ether oxygens (including phenoxy) is 1. The summed E-state index contributed by atoms with van der Waals surface area (Å²) in [5, 5.41) is 7.94. The largest absolute Gasteiger partial charge is 0.370 e. The Balaban J connectivity index is 0.00000261. The Morgan fingerprint density at radius 1 is 1.37 bits per heavy atom. The number of aromatic nitrogens is 2. The van der Waals surface area contributed by atoms with Gasteiger partial charge >= 0.3 is 0 Å². The molecule has 154 valence electrons. The molecule has 0 radical (unpaired) electrons. The lowest BCUT2D eigenvalue weighted by Gasteiger charge is -2.44. The van der Waals surface area contributed by atoms with Gasteiger partial charge in [-0.1, -0.05) is 19.3 Å². The zero-order valence-electron chi connectivity index (χ0n) is 17.1. The van der Waals surface area contributed by atoms with E-state index in [2.05, 4.69) is 39.3 Å². The van der Waals surface area contributed by atoms with E-state index in [4.69, 9.17) is 4.74 Å². The maximum Gasteiger partial charge on any atom is 0.193 e. The van der Waals surface area contributed by atoms with Crippen LogP contribution < -0.4 is 5.32 Å². The fourth-order valence-corrected chi connectivity index (χ4v) is 4.22. The Morgan fingerprint density at radius 2 is 2.11 bits per heavy atom. The lowest BCUT2D eigenvalue weighted by Crippen LogP contribution is -2.57. The summed E-state index contributed by atoms with van der Waals surface area (Å²) in [4.78, 5) is 9.28. The highest BCUT2D eigenvalue weighted by molar-refractivity contribution is 14.0. The number of hydrogen-bond acceptors (Lipinski definition) is 4. The second kappa shape index (κ2) is 10.1. The van der Waals surface area contributed by atoms with E-state index in [9.17, 15) is 0 Å². The van der Waals surface area contributed by atoms with Crippen LogP contribution in [0.2, 0.25) is 0 Å². The van der Waals surface area contributed by atoms with Crippen molar-refractivity contribution in [1.29, 1.82) is 0 Å². The fraction of sp³-hybridized carbons (Fsp3) is 0.789. The van der Waals surface area contributed by atoms with Gasteiger partial charge in [0.15, 0.2) is 5.96 Å². The summed E-state index contributed by atoms with van der Waals surface area (Å²) >= 11 is 0. The van der Waals surface area contributed by atoms with E-state index in [1.807, 2.05) is 31.2 Å². The molecule has 7 nitrogen and oxygen atoms in total. The van der Waals surface area contributed by atoms with Crippen LogP contribution in [0.1, 0.15) is 43.8 Å². The first kappa shape index (κ1) is 22.4. The molecule has 3 rings (SSSR count). The van der Waals surface area contributed by atoms with Crippen molar-refractivity contribution in [2.75, 3.05) is 47.4 Å². The number of nitrogens with zero attached hydrogens (tertiary/aromatic N) is 5. The molecule has 1 saturated carbocycles. The van der Waals surface area contributed by atoms with Crippen molar-refractivity contribution in [3.63, 3.8) is 0 Å². The maximum atomic E-state index is 5.97. The van der Waals surface area contributed by atoms with Gasteiger partial charge in [-0.25, -0.2) is 0 Å². The zero-order valence-corrected chi connectivity index (χ0v) is 19.5. The highest BCUT2D eigenvalue weighted by atomic mass is 127. The predicted octanol–water partition coefficient (Wildman–Crippen LogP) is 2.25. The molecule has 1 atom stereocenters. The number of halogens is 1. The first-order valence-electron chi connectivity index (χ1n) is 9.77. The van der Waals surface area contributed by atoms with Crippen LogP contribution in [-0.2, 0) is 11.8 Å². The lowest BCUT2D eigenvalue weighted by atomic mass is 9.80. The average molecular weight is 490 g/mol. The van der Waals surface area contributed by atoms with Gasteiger partial charge < -0.3 is 19.9 Å². The van der Waals surface area contributed by atoms with Gasteiger partial charge in [-0.2, -0.15) is 5.10 Å². The smallest absolute Gasteiger partial charge is 0.193 e. The Morgan fingerprint density at radius 3 is 2.70 bits per heavy atom. The van der Waals surface area contributed by atoms with Crippen LogP contribution in [0, 0.1) is 0 Å². The van der Waals surface area contributed by atoms with Gasteiger partial charge in [-0.15, -0.1) is 24.0 Å². The molecular formula is C19H35IN6O. The number of aliphatic imine (C=N–C) groups is 1. The molecule has 1 aromatic rings. The third-order valence-corrected chi connectivity index (χ3v) is 5.98. The van der Waals surface area contributed by atoms with Gasteiger partial charge in [0.1, 0.15) is 6.10 Å². The molecule has 2 aliphatic rings. The van der Waals surface area contributed by atoms with Crippen LogP contribution in [-0.4, -0.2) is 78.5 Å². The topological polar surface area (TPSA) is 57.9 Å². The van der Waals surface area contributed by atoms with Crippen molar-refractivity contribution in [3.8, 4) is 0 Å². The minimum Gasteiger partial charge on any atom is -0.370 e. The van der Waals surface area contributed by atoms with Crippen LogP contribution in [0.25, 0.3) is 0 Å².